The van der Waals surface area contributed by atoms with Gasteiger partial charge in [-0.15, -0.1) is 0 Å². The molecule has 0 aliphatic carbocycles. The van der Waals surface area contributed by atoms with Crippen molar-refractivity contribution in [3.8, 4) is 0 Å². The van der Waals surface area contributed by atoms with Crippen molar-refractivity contribution in [1.82, 2.24) is 19.5 Å². The average molecular weight is 323 g/mol. The molecule has 0 bridgehead atoms. The number of nitrogen functional groups attached to an aromatic ring is 1. The first-order valence-electron chi connectivity index (χ1n) is 7.24. The minimum absolute atomic E-state index is 0.0126. The zero-order valence-electron chi connectivity index (χ0n) is 12.6. The van der Waals surface area contributed by atoms with Crippen molar-refractivity contribution >= 4 is 17.1 Å². The second kappa shape index (κ2) is 4.74. The highest BCUT2D eigenvalue weighted by molar-refractivity contribution is 5.70. The molecule has 10 heteroatoms. The van der Waals surface area contributed by atoms with Gasteiger partial charge in [0.1, 0.15) is 18.3 Å². The van der Waals surface area contributed by atoms with Crippen LogP contribution in [0.5, 0.6) is 0 Å². The smallest absolute Gasteiger partial charge is 0.280 e. The van der Waals surface area contributed by atoms with Crippen molar-refractivity contribution in [2.45, 2.75) is 44.2 Å². The summed E-state index contributed by atoms with van der Waals surface area (Å²) in [5.41, 5.74) is 5.63. The van der Waals surface area contributed by atoms with Crippen LogP contribution in [-0.4, -0.2) is 55.3 Å². The number of aliphatic hydroxyl groups excluding tert-OH is 1. The number of fused-ring (bicyclic) bond motifs is 2. The Morgan fingerprint density at radius 1 is 1.43 bits per heavy atom. The quantitative estimate of drug-likeness (QED) is 0.647. The molecule has 0 saturated carbocycles. The molecule has 4 N–H and O–H groups in total. The maximum atomic E-state index is 11.9. The van der Waals surface area contributed by atoms with Gasteiger partial charge in [-0.2, -0.15) is 4.98 Å². The third kappa shape index (κ3) is 2.14. The second-order valence-corrected chi connectivity index (χ2v) is 6.09. The molecule has 23 heavy (non-hydrogen) atoms. The van der Waals surface area contributed by atoms with E-state index in [1.54, 1.807) is 18.4 Å². The largest absolute Gasteiger partial charge is 0.394 e. The number of H-pyrrole nitrogens is 1. The molecule has 0 aromatic carbocycles. The van der Waals surface area contributed by atoms with Crippen molar-refractivity contribution in [2.75, 3.05) is 12.3 Å². The molecular formula is C13H17N5O5. The average Bonchev–Trinajstić information content (AvgIpc) is 3.09. The Morgan fingerprint density at radius 3 is 2.91 bits per heavy atom. The van der Waals surface area contributed by atoms with E-state index < -0.39 is 35.9 Å². The van der Waals surface area contributed by atoms with E-state index in [-0.39, 0.29) is 18.1 Å². The summed E-state index contributed by atoms with van der Waals surface area (Å²) in [4.78, 5) is 22.5. The lowest BCUT2D eigenvalue weighted by molar-refractivity contribution is -0.199. The number of aliphatic hydroxyl groups is 1. The predicted molar refractivity (Wildman–Crippen MR) is 77.4 cm³/mol. The van der Waals surface area contributed by atoms with Crippen LogP contribution in [-0.2, 0) is 14.2 Å². The Kier molecular flexibility index (Phi) is 3.00. The number of anilines is 1. The van der Waals surface area contributed by atoms with Crippen LogP contribution in [0.1, 0.15) is 20.1 Å². The van der Waals surface area contributed by atoms with Crippen LogP contribution in [0.2, 0.25) is 0 Å². The van der Waals surface area contributed by atoms with E-state index in [1.807, 2.05) is 0 Å². The van der Waals surface area contributed by atoms with Crippen molar-refractivity contribution < 1.29 is 19.3 Å². The maximum Gasteiger partial charge on any atom is 0.280 e. The van der Waals surface area contributed by atoms with E-state index in [2.05, 4.69) is 15.0 Å². The lowest BCUT2D eigenvalue weighted by Gasteiger charge is -2.24. The number of hydrogen-bond acceptors (Lipinski definition) is 8. The highest BCUT2D eigenvalue weighted by Gasteiger charge is 2.55. The number of ether oxygens (including phenoxy) is 3. The van der Waals surface area contributed by atoms with E-state index in [0.29, 0.717) is 5.65 Å². The lowest BCUT2D eigenvalue weighted by atomic mass is 10.1. The Morgan fingerprint density at radius 2 is 2.17 bits per heavy atom. The molecule has 2 saturated heterocycles. The molecule has 4 heterocycles. The van der Waals surface area contributed by atoms with Gasteiger partial charge in [0.2, 0.25) is 5.95 Å². The number of nitrogens with zero attached hydrogens (tertiary/aromatic N) is 3. The van der Waals surface area contributed by atoms with Gasteiger partial charge in [-0.1, -0.05) is 0 Å². The van der Waals surface area contributed by atoms with Crippen LogP contribution in [0.3, 0.4) is 0 Å². The fraction of sp³-hybridized carbons (Fsp3) is 0.615. The van der Waals surface area contributed by atoms with Gasteiger partial charge in [0.05, 0.1) is 12.9 Å². The van der Waals surface area contributed by atoms with Crippen molar-refractivity contribution in [3.63, 3.8) is 0 Å². The number of aromatic nitrogens is 4. The molecule has 4 rings (SSSR count). The highest BCUT2D eigenvalue weighted by Crippen LogP contribution is 2.43. The van der Waals surface area contributed by atoms with E-state index in [4.69, 9.17) is 19.9 Å². The van der Waals surface area contributed by atoms with Gasteiger partial charge in [0.25, 0.3) is 5.56 Å². The first kappa shape index (κ1) is 14.6. The molecule has 10 nitrogen and oxygen atoms in total. The summed E-state index contributed by atoms with van der Waals surface area (Å²) in [5, 5.41) is 9.52. The summed E-state index contributed by atoms with van der Waals surface area (Å²) in [6.45, 7) is 3.38. The van der Waals surface area contributed by atoms with Crippen LogP contribution >= 0.6 is 0 Å². The molecule has 1 unspecified atom stereocenters. The molecule has 2 fully saturated rings. The summed E-state index contributed by atoms with van der Waals surface area (Å²) in [6, 6.07) is 0. The number of nitrogens with one attached hydrogen (secondary N) is 1. The van der Waals surface area contributed by atoms with Gasteiger partial charge in [-0.3, -0.25) is 14.3 Å². The summed E-state index contributed by atoms with van der Waals surface area (Å²) in [5.74, 6) is -0.799. The number of hydrogen-bond donors (Lipinski definition) is 3. The van der Waals surface area contributed by atoms with Crippen LogP contribution in [0.15, 0.2) is 11.1 Å². The molecule has 0 spiro atoms. The topological polar surface area (TPSA) is 138 Å². The summed E-state index contributed by atoms with van der Waals surface area (Å²) in [6.07, 6.45) is -0.595. The Balaban J connectivity index is 1.80. The monoisotopic (exact) mass is 323 g/mol. The van der Waals surface area contributed by atoms with Gasteiger partial charge < -0.3 is 25.1 Å². The van der Waals surface area contributed by atoms with Gasteiger partial charge >= 0.3 is 0 Å². The number of imidazole rings is 1. The Bertz CT molecular complexity index is 815. The van der Waals surface area contributed by atoms with Crippen LogP contribution < -0.4 is 11.3 Å². The van der Waals surface area contributed by atoms with Crippen molar-refractivity contribution in [3.05, 3.63) is 16.7 Å². The van der Waals surface area contributed by atoms with Crippen LogP contribution in [0.25, 0.3) is 11.2 Å². The van der Waals surface area contributed by atoms with Crippen molar-refractivity contribution in [1.29, 1.82) is 0 Å². The van der Waals surface area contributed by atoms with Gasteiger partial charge in [-0.05, 0) is 13.8 Å². The van der Waals surface area contributed by atoms with Crippen molar-refractivity contribution in [2.24, 2.45) is 0 Å². The number of nitrogens with two attached hydrogens (primary N) is 1. The standard InChI is InChI=1S/C13H17N5O5/c1-13(2)22-7-5(3-19)21-11(8(7)23-13)18-4-15-6-9(18)16-12(14)17-10(6)20/h4-5,7-8,11,19H,3H2,1-2H3,(H3,14,16,17,20)/t5-,7+,8?,11-/m1/s1. The Labute approximate surface area is 130 Å². The first-order valence-corrected chi connectivity index (χ1v) is 7.24. The normalized spacial score (nSPS) is 32.5. The fourth-order valence-electron chi connectivity index (χ4n) is 3.16. The van der Waals surface area contributed by atoms with Gasteiger partial charge in [0.15, 0.2) is 23.2 Å². The third-order valence-corrected chi connectivity index (χ3v) is 4.03. The van der Waals surface area contributed by atoms with Gasteiger partial charge in [-0.25, -0.2) is 4.98 Å². The summed E-state index contributed by atoms with van der Waals surface area (Å²) >= 11 is 0. The summed E-state index contributed by atoms with van der Waals surface area (Å²) in [7, 11) is 0. The minimum Gasteiger partial charge on any atom is -0.394 e. The molecule has 2 aromatic rings. The highest BCUT2D eigenvalue weighted by atomic mass is 16.8. The molecule has 2 aliphatic heterocycles. The molecule has 124 valence electrons. The second-order valence-electron chi connectivity index (χ2n) is 6.09. The molecular weight excluding hydrogens is 306 g/mol. The minimum atomic E-state index is -0.787. The van der Waals surface area contributed by atoms with E-state index in [9.17, 15) is 9.90 Å². The van der Waals surface area contributed by atoms with E-state index in [0.717, 1.165) is 0 Å². The Hall–Kier alpha value is -2.01. The zero-order valence-corrected chi connectivity index (χ0v) is 12.6. The molecule has 4 atom stereocenters. The molecule has 2 aromatic heterocycles. The zero-order chi connectivity index (χ0) is 16.4. The number of aromatic amines is 1. The molecule has 0 amide bonds. The number of rotatable bonds is 2. The predicted octanol–water partition coefficient (Wildman–Crippen LogP) is -0.888. The lowest BCUT2D eigenvalue weighted by Crippen LogP contribution is -2.31. The molecule has 2 aliphatic rings. The molecule has 0 radical (unpaired) electrons. The SMILES string of the molecule is CC1(C)OC2[C@@H](O1)[C@@H](CO)O[C@H]2n1cnc2c(=O)[nH]c(N)nc21. The van der Waals surface area contributed by atoms with Crippen LogP contribution in [0.4, 0.5) is 5.95 Å². The van der Waals surface area contributed by atoms with E-state index in [1.165, 1.54) is 6.33 Å². The van der Waals surface area contributed by atoms with Gasteiger partial charge in [0, 0.05) is 0 Å². The fourth-order valence-corrected chi connectivity index (χ4v) is 3.16. The maximum absolute atomic E-state index is 11.9. The first-order chi connectivity index (χ1) is 10.9. The third-order valence-electron chi connectivity index (χ3n) is 4.03. The van der Waals surface area contributed by atoms with Crippen LogP contribution in [0, 0.1) is 0 Å². The van der Waals surface area contributed by atoms with E-state index >= 15 is 0 Å². The summed E-state index contributed by atoms with van der Waals surface area (Å²) < 4.78 is 19.1.